The number of nitrogens with one attached hydrogen (secondary N) is 1. The Hall–Kier alpha value is -3.44. The molecular weight excluding hydrogens is 502 g/mol. The van der Waals surface area contributed by atoms with Crippen LogP contribution in [0.2, 0.25) is 0 Å². The molecule has 1 aliphatic rings. The maximum atomic E-state index is 12.3. The highest BCUT2D eigenvalue weighted by molar-refractivity contribution is 9.10. The second kappa shape index (κ2) is 10.7. The van der Waals surface area contributed by atoms with Gasteiger partial charge in [0.15, 0.2) is 16.7 Å². The number of carbonyl (C=O) groups excluding carboxylic acids is 3. The molecule has 3 rings (SSSR count). The highest BCUT2D eigenvalue weighted by Gasteiger charge is 2.25. The van der Waals surface area contributed by atoms with Gasteiger partial charge in [0.1, 0.15) is 0 Å². The van der Waals surface area contributed by atoms with Gasteiger partial charge in [0, 0.05) is 16.1 Å². The number of hydrogen-bond acceptors (Lipinski definition) is 9. The molecule has 1 fully saturated rings. The summed E-state index contributed by atoms with van der Waals surface area (Å²) in [7, 11) is 2.67. The maximum Gasteiger partial charge on any atom is 0.343 e. The van der Waals surface area contributed by atoms with Gasteiger partial charge in [0.2, 0.25) is 0 Å². The lowest BCUT2D eigenvalue weighted by atomic mass is 10.2. The van der Waals surface area contributed by atoms with Crippen LogP contribution in [0, 0.1) is 0 Å². The van der Waals surface area contributed by atoms with Crippen molar-refractivity contribution in [2.45, 2.75) is 0 Å². The van der Waals surface area contributed by atoms with E-state index in [2.05, 4.69) is 36.2 Å². The highest BCUT2D eigenvalue weighted by Crippen LogP contribution is 2.33. The molecule has 1 amide bonds. The van der Waals surface area contributed by atoms with Gasteiger partial charge in [0.05, 0.1) is 30.9 Å². The SMILES string of the molecule is COC(=O)/C=C1/S/C(=N\N=Cc2cc(OC)c(OC(=O)c3ccccc3)cc2Br)NC1=O. The molecule has 1 aliphatic heterocycles. The van der Waals surface area contributed by atoms with Crippen LogP contribution in [0.25, 0.3) is 0 Å². The summed E-state index contributed by atoms with van der Waals surface area (Å²) in [5.41, 5.74) is 0.995. The van der Waals surface area contributed by atoms with E-state index in [0.29, 0.717) is 21.3 Å². The van der Waals surface area contributed by atoms with Crippen molar-refractivity contribution in [2.24, 2.45) is 10.2 Å². The third-order valence-electron chi connectivity index (χ3n) is 3.94. The molecule has 9 nitrogen and oxygen atoms in total. The number of ether oxygens (including phenoxy) is 3. The van der Waals surface area contributed by atoms with E-state index in [1.807, 2.05) is 0 Å². The van der Waals surface area contributed by atoms with Crippen molar-refractivity contribution < 1.29 is 28.6 Å². The Kier molecular flexibility index (Phi) is 7.79. The number of rotatable bonds is 6. The Morgan fingerprint density at radius 3 is 2.56 bits per heavy atom. The molecule has 1 saturated heterocycles. The molecule has 0 spiro atoms. The van der Waals surface area contributed by atoms with Crippen LogP contribution in [-0.2, 0) is 14.3 Å². The lowest BCUT2D eigenvalue weighted by Crippen LogP contribution is -2.19. The fourth-order valence-electron chi connectivity index (χ4n) is 2.41. The van der Waals surface area contributed by atoms with Crippen LogP contribution in [0.3, 0.4) is 0 Å². The first-order valence-electron chi connectivity index (χ1n) is 8.96. The molecule has 0 aromatic heterocycles. The molecule has 164 valence electrons. The van der Waals surface area contributed by atoms with Gasteiger partial charge in [-0.15, -0.1) is 5.10 Å². The fraction of sp³-hybridized carbons (Fsp3) is 0.0952. The molecule has 1 N–H and O–H groups in total. The number of esters is 2. The predicted octanol–water partition coefficient (Wildman–Crippen LogP) is 3.29. The van der Waals surface area contributed by atoms with Crippen molar-refractivity contribution in [2.75, 3.05) is 14.2 Å². The van der Waals surface area contributed by atoms with Gasteiger partial charge in [-0.3, -0.25) is 10.1 Å². The van der Waals surface area contributed by atoms with Crippen molar-refractivity contribution in [3.05, 3.63) is 69.0 Å². The standard InChI is InChI=1S/C21H16BrN3O6S/c1-29-15-8-13(11-23-25-21-24-19(27)17(32-21)10-18(26)30-2)14(22)9-16(15)31-20(28)12-6-4-3-5-7-12/h3-11H,1-2H3,(H,24,25,27)/b17-10+,23-11?. The molecule has 0 unspecified atom stereocenters. The summed E-state index contributed by atoms with van der Waals surface area (Å²) in [5, 5.41) is 10.6. The quantitative estimate of drug-likeness (QED) is 0.205. The predicted molar refractivity (Wildman–Crippen MR) is 123 cm³/mol. The Labute approximate surface area is 195 Å². The van der Waals surface area contributed by atoms with E-state index >= 15 is 0 Å². The first kappa shape index (κ1) is 23.2. The van der Waals surface area contributed by atoms with Crippen molar-refractivity contribution in [3.8, 4) is 11.5 Å². The monoisotopic (exact) mass is 517 g/mol. The summed E-state index contributed by atoms with van der Waals surface area (Å²) < 4.78 is 15.9. The molecule has 0 bridgehead atoms. The summed E-state index contributed by atoms with van der Waals surface area (Å²) >= 11 is 4.36. The van der Waals surface area contributed by atoms with E-state index in [4.69, 9.17) is 9.47 Å². The topological polar surface area (TPSA) is 116 Å². The number of hydrogen-bond donors (Lipinski definition) is 1. The van der Waals surface area contributed by atoms with E-state index in [-0.39, 0.29) is 15.8 Å². The Bertz CT molecular complexity index is 1150. The second-order valence-corrected chi connectivity index (χ2v) is 7.90. The first-order chi connectivity index (χ1) is 15.4. The van der Waals surface area contributed by atoms with Crippen molar-refractivity contribution >= 4 is 56.9 Å². The number of thioether (sulfide) groups is 1. The van der Waals surface area contributed by atoms with E-state index in [1.54, 1.807) is 42.5 Å². The van der Waals surface area contributed by atoms with Gasteiger partial charge >= 0.3 is 11.9 Å². The third-order valence-corrected chi connectivity index (χ3v) is 5.53. The molecule has 32 heavy (non-hydrogen) atoms. The number of amidine groups is 1. The molecule has 0 saturated carbocycles. The second-order valence-electron chi connectivity index (χ2n) is 6.02. The Morgan fingerprint density at radius 2 is 1.88 bits per heavy atom. The van der Waals surface area contributed by atoms with Gasteiger partial charge in [-0.2, -0.15) is 5.10 Å². The Balaban J connectivity index is 1.75. The summed E-state index contributed by atoms with van der Waals surface area (Å²) in [6, 6.07) is 11.8. The third kappa shape index (κ3) is 5.83. The van der Waals surface area contributed by atoms with Crippen LogP contribution in [0.5, 0.6) is 11.5 Å². The van der Waals surface area contributed by atoms with Crippen LogP contribution < -0.4 is 14.8 Å². The van der Waals surface area contributed by atoms with Crippen molar-refractivity contribution in [3.63, 3.8) is 0 Å². The van der Waals surface area contributed by atoms with E-state index in [1.165, 1.54) is 20.4 Å². The lowest BCUT2D eigenvalue weighted by Gasteiger charge is -2.11. The molecule has 0 aliphatic carbocycles. The fourth-order valence-corrected chi connectivity index (χ4v) is 3.57. The normalized spacial score (nSPS) is 15.8. The van der Waals surface area contributed by atoms with Gasteiger partial charge in [0.25, 0.3) is 5.91 Å². The van der Waals surface area contributed by atoms with Crippen LogP contribution in [0.15, 0.2) is 68.1 Å². The van der Waals surface area contributed by atoms with Crippen molar-refractivity contribution in [1.82, 2.24) is 5.32 Å². The molecule has 2 aromatic carbocycles. The van der Waals surface area contributed by atoms with E-state index < -0.39 is 17.8 Å². The molecule has 0 atom stereocenters. The zero-order valence-corrected chi connectivity index (χ0v) is 19.2. The van der Waals surface area contributed by atoms with Crippen LogP contribution in [0.4, 0.5) is 0 Å². The van der Waals surface area contributed by atoms with Gasteiger partial charge < -0.3 is 14.2 Å². The smallest absolute Gasteiger partial charge is 0.343 e. The zero-order valence-electron chi connectivity index (χ0n) is 16.8. The van der Waals surface area contributed by atoms with Gasteiger partial charge in [-0.05, 0) is 52.0 Å². The van der Waals surface area contributed by atoms with Gasteiger partial charge in [-0.25, -0.2) is 9.59 Å². The largest absolute Gasteiger partial charge is 0.493 e. The molecule has 1 heterocycles. The number of carbonyl (C=O) groups is 3. The zero-order chi connectivity index (χ0) is 23.1. The summed E-state index contributed by atoms with van der Waals surface area (Å²) in [5.74, 6) is -1.09. The number of benzene rings is 2. The van der Waals surface area contributed by atoms with Crippen LogP contribution in [0.1, 0.15) is 15.9 Å². The minimum absolute atomic E-state index is 0.151. The average molecular weight is 518 g/mol. The maximum absolute atomic E-state index is 12.3. The minimum Gasteiger partial charge on any atom is -0.493 e. The first-order valence-corrected chi connectivity index (χ1v) is 10.6. The molecule has 11 heteroatoms. The lowest BCUT2D eigenvalue weighted by molar-refractivity contribution is -0.135. The highest BCUT2D eigenvalue weighted by atomic mass is 79.9. The average Bonchev–Trinajstić information content (AvgIpc) is 3.14. The summed E-state index contributed by atoms with van der Waals surface area (Å²) in [6.45, 7) is 0. The Morgan fingerprint density at radius 1 is 1.12 bits per heavy atom. The molecule has 2 aromatic rings. The van der Waals surface area contributed by atoms with Gasteiger partial charge in [-0.1, -0.05) is 18.2 Å². The van der Waals surface area contributed by atoms with Crippen LogP contribution >= 0.6 is 27.7 Å². The minimum atomic E-state index is -0.642. The number of methoxy groups -OCH3 is 2. The van der Waals surface area contributed by atoms with Crippen LogP contribution in [-0.4, -0.2) is 43.4 Å². The summed E-state index contributed by atoms with van der Waals surface area (Å²) in [4.78, 5) is 35.6. The molecular formula is C21H16BrN3O6S. The van der Waals surface area contributed by atoms with E-state index in [9.17, 15) is 14.4 Å². The van der Waals surface area contributed by atoms with E-state index in [0.717, 1.165) is 17.8 Å². The number of amides is 1. The number of halogens is 1. The number of nitrogens with zero attached hydrogens (tertiary/aromatic N) is 2. The van der Waals surface area contributed by atoms with Crippen molar-refractivity contribution in [1.29, 1.82) is 0 Å². The molecule has 0 radical (unpaired) electrons. The summed E-state index contributed by atoms with van der Waals surface area (Å²) in [6.07, 6.45) is 2.50.